The van der Waals surface area contributed by atoms with Crippen LogP contribution in [0, 0.1) is 0 Å². The third kappa shape index (κ3) is 5.22. The molecule has 2 aliphatic rings. The molecule has 0 spiro atoms. The summed E-state index contributed by atoms with van der Waals surface area (Å²) in [5.41, 5.74) is 4.89. The molecule has 148 valence electrons. The van der Waals surface area contributed by atoms with Crippen LogP contribution in [0.2, 0.25) is 0 Å². The van der Waals surface area contributed by atoms with Gasteiger partial charge in [0.1, 0.15) is 0 Å². The van der Waals surface area contributed by atoms with Gasteiger partial charge >= 0.3 is 0 Å². The topological polar surface area (TPSA) is 6.48 Å². The molecule has 0 fully saturated rings. The van der Waals surface area contributed by atoms with Crippen molar-refractivity contribution in [2.75, 3.05) is 13.1 Å². The molecule has 1 aromatic heterocycles. The second kappa shape index (κ2) is 8.06. The first-order chi connectivity index (χ1) is 13.0. The van der Waals surface area contributed by atoms with E-state index in [0.29, 0.717) is 11.6 Å². The zero-order valence-corrected chi connectivity index (χ0v) is 18.7. The highest BCUT2D eigenvalue weighted by Crippen LogP contribution is 2.28. The number of rotatable bonds is 0. The zero-order chi connectivity index (χ0) is 20.5. The van der Waals surface area contributed by atoms with E-state index in [2.05, 4.69) is 68.9 Å². The van der Waals surface area contributed by atoms with Gasteiger partial charge in [-0.05, 0) is 82.5 Å². The molecule has 4 rings (SSSR count). The summed E-state index contributed by atoms with van der Waals surface area (Å²) in [6.45, 7) is 18.1. The average Bonchev–Trinajstić information content (AvgIpc) is 3.08. The van der Waals surface area contributed by atoms with Crippen molar-refractivity contribution >= 4 is 11.3 Å². The van der Waals surface area contributed by atoms with Crippen molar-refractivity contribution in [3.8, 4) is 0 Å². The molecule has 0 N–H and O–H groups in total. The summed E-state index contributed by atoms with van der Waals surface area (Å²) in [4.78, 5) is 6.61. The van der Waals surface area contributed by atoms with E-state index in [4.69, 9.17) is 1.37 Å². The van der Waals surface area contributed by atoms with E-state index in [1.165, 1.54) is 24.1 Å². The van der Waals surface area contributed by atoms with Crippen LogP contribution in [-0.2, 0) is 25.9 Å². The molecule has 1 aromatic carbocycles. The molecule has 0 amide bonds. The second-order valence-corrected chi connectivity index (χ2v) is 10.7. The summed E-state index contributed by atoms with van der Waals surface area (Å²) in [6, 6.07) is 8.92. The Hall–Kier alpha value is -1.16. The molecule has 3 heterocycles. The van der Waals surface area contributed by atoms with Crippen molar-refractivity contribution < 1.29 is 1.37 Å². The largest absolute Gasteiger partial charge is 0.294 e. The number of thiophene rings is 1. The molecule has 0 saturated carbocycles. The first-order valence-corrected chi connectivity index (χ1v) is 11.1. The summed E-state index contributed by atoms with van der Waals surface area (Å²) in [5.74, 6) is 0. The van der Waals surface area contributed by atoms with Crippen molar-refractivity contribution in [3.05, 3.63) is 57.3 Å². The third-order valence-corrected chi connectivity index (χ3v) is 6.73. The Morgan fingerprint density at radius 1 is 0.815 bits per heavy atom. The highest BCUT2D eigenvalue weighted by molar-refractivity contribution is 7.10. The molecule has 2 aromatic rings. The molecule has 2 aliphatic heterocycles. The predicted octanol–water partition coefficient (Wildman–Crippen LogP) is 5.75. The SMILES string of the molecule is CC(C)(C)N1CCc2ccsc2C1.[3H]c1ccc2c(c1)CN(C(C)(C)C)CC2. The average molecular weight is 387 g/mol. The number of hydrogen-bond donors (Lipinski definition) is 0. The van der Waals surface area contributed by atoms with E-state index in [1.54, 1.807) is 10.4 Å². The van der Waals surface area contributed by atoms with Gasteiger partial charge < -0.3 is 0 Å². The first kappa shape index (κ1) is 19.2. The Bertz CT molecular complexity index is 798. The van der Waals surface area contributed by atoms with Crippen LogP contribution in [0.4, 0.5) is 0 Å². The molecular weight excluding hydrogens is 348 g/mol. The fraction of sp³-hybridized carbons (Fsp3) is 0.583. The van der Waals surface area contributed by atoms with Gasteiger partial charge in [-0.3, -0.25) is 9.80 Å². The Balaban J connectivity index is 0.000000162. The van der Waals surface area contributed by atoms with E-state index in [-0.39, 0.29) is 5.54 Å². The quantitative estimate of drug-likeness (QED) is 0.569. The zero-order valence-electron chi connectivity index (χ0n) is 18.9. The molecule has 2 nitrogen and oxygen atoms in total. The minimum absolute atomic E-state index is 0.232. The maximum absolute atomic E-state index is 7.64. The predicted molar refractivity (Wildman–Crippen MR) is 118 cm³/mol. The number of nitrogens with zero attached hydrogens (tertiary/aromatic N) is 2. The fourth-order valence-corrected chi connectivity index (χ4v) is 4.76. The highest BCUT2D eigenvalue weighted by atomic mass is 32.1. The van der Waals surface area contributed by atoms with Crippen LogP contribution in [0.5, 0.6) is 0 Å². The molecule has 0 unspecified atom stereocenters. The second-order valence-electron chi connectivity index (χ2n) is 9.75. The van der Waals surface area contributed by atoms with Crippen LogP contribution in [0.15, 0.2) is 35.7 Å². The van der Waals surface area contributed by atoms with Crippen molar-refractivity contribution in [2.45, 2.75) is 78.6 Å². The van der Waals surface area contributed by atoms with E-state index in [9.17, 15) is 0 Å². The van der Waals surface area contributed by atoms with Gasteiger partial charge in [-0.25, -0.2) is 0 Å². The van der Waals surface area contributed by atoms with Gasteiger partial charge in [-0.1, -0.05) is 24.2 Å². The first-order valence-electron chi connectivity index (χ1n) is 10.7. The molecule has 0 atom stereocenters. The molecule has 0 bridgehead atoms. The van der Waals surface area contributed by atoms with Crippen molar-refractivity contribution in [1.82, 2.24) is 9.80 Å². The van der Waals surface area contributed by atoms with Crippen molar-refractivity contribution in [2.24, 2.45) is 0 Å². The molecule has 0 aliphatic carbocycles. The van der Waals surface area contributed by atoms with Gasteiger partial charge in [0.25, 0.3) is 0 Å². The maximum atomic E-state index is 7.64. The van der Waals surface area contributed by atoms with E-state index >= 15 is 0 Å². The van der Waals surface area contributed by atoms with E-state index in [1.807, 2.05) is 23.5 Å². The lowest BCUT2D eigenvalue weighted by molar-refractivity contribution is 0.121. The van der Waals surface area contributed by atoms with E-state index < -0.39 is 0 Å². The molecule has 3 heteroatoms. The van der Waals surface area contributed by atoms with E-state index in [0.717, 1.165) is 26.1 Å². The van der Waals surface area contributed by atoms with Crippen molar-refractivity contribution in [1.29, 1.82) is 0 Å². The Morgan fingerprint density at radius 3 is 2.11 bits per heavy atom. The summed E-state index contributed by atoms with van der Waals surface area (Å²) in [7, 11) is 0. The minimum Gasteiger partial charge on any atom is -0.294 e. The summed E-state index contributed by atoms with van der Waals surface area (Å²) in [6.07, 6.45) is 2.35. The molecule has 0 radical (unpaired) electrons. The molecular formula is C24H36N2S. The third-order valence-electron chi connectivity index (χ3n) is 5.78. The summed E-state index contributed by atoms with van der Waals surface area (Å²) >= 11 is 1.90. The van der Waals surface area contributed by atoms with Crippen LogP contribution >= 0.6 is 11.3 Å². The maximum Gasteiger partial charge on any atom is 0.0623 e. The highest BCUT2D eigenvalue weighted by Gasteiger charge is 2.26. The lowest BCUT2D eigenvalue weighted by Gasteiger charge is -2.39. The van der Waals surface area contributed by atoms with Gasteiger partial charge in [0, 0.05) is 42.1 Å². The van der Waals surface area contributed by atoms with Crippen LogP contribution in [0.25, 0.3) is 0 Å². The summed E-state index contributed by atoms with van der Waals surface area (Å²) in [5, 5.41) is 2.22. The minimum atomic E-state index is 0.232. The number of benzene rings is 1. The Labute approximate surface area is 171 Å². The van der Waals surface area contributed by atoms with Gasteiger partial charge in [-0.2, -0.15) is 0 Å². The number of hydrogen-bond acceptors (Lipinski definition) is 3. The van der Waals surface area contributed by atoms with Crippen molar-refractivity contribution in [3.63, 3.8) is 0 Å². The van der Waals surface area contributed by atoms with Crippen LogP contribution in [0.1, 0.15) is 64.5 Å². The molecule has 27 heavy (non-hydrogen) atoms. The monoisotopic (exact) mass is 386 g/mol. The van der Waals surface area contributed by atoms with Gasteiger partial charge in [0.15, 0.2) is 0 Å². The van der Waals surface area contributed by atoms with Gasteiger partial charge in [0.2, 0.25) is 0 Å². The Morgan fingerprint density at radius 2 is 1.44 bits per heavy atom. The number of fused-ring (bicyclic) bond motifs is 2. The fourth-order valence-electron chi connectivity index (χ4n) is 3.81. The van der Waals surface area contributed by atoms with Gasteiger partial charge in [0.05, 0.1) is 1.37 Å². The van der Waals surface area contributed by atoms with Crippen LogP contribution in [-0.4, -0.2) is 34.0 Å². The Kier molecular flexibility index (Phi) is 5.73. The standard InChI is InChI=1S/C13H19N.C11H17NS/c1-13(2,3)14-9-8-11-6-4-5-7-12(11)10-14;1-11(2,3)12-6-4-9-5-7-13-10(9)8-12/h4-7H,8-10H2,1-3H3;5,7H,4,6,8H2,1-3H3/i5T;. The van der Waals surface area contributed by atoms with Gasteiger partial charge in [-0.15, -0.1) is 11.3 Å². The molecule has 0 saturated heterocycles. The lowest BCUT2D eigenvalue weighted by Crippen LogP contribution is -2.44. The smallest absolute Gasteiger partial charge is 0.0623 e. The summed E-state index contributed by atoms with van der Waals surface area (Å²) < 4.78 is 7.64. The lowest BCUT2D eigenvalue weighted by atomic mass is 9.95. The van der Waals surface area contributed by atoms with Crippen LogP contribution in [0.3, 0.4) is 0 Å². The van der Waals surface area contributed by atoms with Crippen LogP contribution < -0.4 is 0 Å². The normalized spacial score (nSPS) is 18.8.